The molecular weight excluding hydrogens is 304 g/mol. The zero-order chi connectivity index (χ0) is 15.3. The number of rotatable bonds is 1. The second kappa shape index (κ2) is 4.51. The number of fused-ring (bicyclic) bond motifs is 1. The SMILES string of the molecule is O=C1NC(=O)C2(CCN(C(=O)c3nc4ccccc4s3)C2)N1. The fourth-order valence-electron chi connectivity index (χ4n) is 2.90. The lowest BCUT2D eigenvalue weighted by atomic mass is 10.00. The van der Waals surface area contributed by atoms with Gasteiger partial charge in [-0.15, -0.1) is 11.3 Å². The van der Waals surface area contributed by atoms with Gasteiger partial charge in [-0.05, 0) is 18.6 Å². The number of hydrogen-bond donors (Lipinski definition) is 2. The molecule has 2 N–H and O–H groups in total. The number of imide groups is 1. The quantitative estimate of drug-likeness (QED) is 0.758. The lowest BCUT2D eigenvalue weighted by Gasteiger charge is -2.20. The molecule has 2 aliphatic heterocycles. The Labute approximate surface area is 129 Å². The third-order valence-corrected chi connectivity index (χ3v) is 5.07. The summed E-state index contributed by atoms with van der Waals surface area (Å²) in [5, 5.41) is 5.27. The number of para-hydroxylation sites is 1. The number of hydrogen-bond acceptors (Lipinski definition) is 5. The van der Waals surface area contributed by atoms with Gasteiger partial charge in [-0.1, -0.05) is 12.1 Å². The molecule has 112 valence electrons. The molecule has 8 heteroatoms. The number of nitrogens with zero attached hydrogens (tertiary/aromatic N) is 2. The maximum absolute atomic E-state index is 12.6. The lowest BCUT2D eigenvalue weighted by Crippen LogP contribution is -2.49. The van der Waals surface area contributed by atoms with Gasteiger partial charge in [-0.25, -0.2) is 9.78 Å². The largest absolute Gasteiger partial charge is 0.334 e. The second-order valence-electron chi connectivity index (χ2n) is 5.45. The summed E-state index contributed by atoms with van der Waals surface area (Å²) in [7, 11) is 0. The summed E-state index contributed by atoms with van der Waals surface area (Å²) in [4.78, 5) is 41.7. The Hall–Kier alpha value is -2.48. The smallest absolute Gasteiger partial charge is 0.322 e. The van der Waals surface area contributed by atoms with Gasteiger partial charge < -0.3 is 10.2 Å². The molecule has 1 aromatic carbocycles. The van der Waals surface area contributed by atoms with E-state index in [0.717, 1.165) is 10.2 Å². The number of carbonyl (C=O) groups is 3. The van der Waals surface area contributed by atoms with Gasteiger partial charge in [0.1, 0.15) is 5.54 Å². The summed E-state index contributed by atoms with van der Waals surface area (Å²) in [6, 6.07) is 7.05. The maximum Gasteiger partial charge on any atom is 0.322 e. The highest BCUT2D eigenvalue weighted by Crippen LogP contribution is 2.28. The molecule has 1 spiro atoms. The lowest BCUT2D eigenvalue weighted by molar-refractivity contribution is -0.123. The number of likely N-dealkylation sites (tertiary alicyclic amines) is 1. The minimum Gasteiger partial charge on any atom is -0.334 e. The van der Waals surface area contributed by atoms with Crippen LogP contribution in [0.4, 0.5) is 4.79 Å². The Kier molecular flexibility index (Phi) is 2.70. The third kappa shape index (κ3) is 1.87. The van der Waals surface area contributed by atoms with Crippen LogP contribution in [0.25, 0.3) is 10.2 Å². The first-order valence-corrected chi connectivity index (χ1v) is 7.67. The van der Waals surface area contributed by atoms with Crippen molar-refractivity contribution in [1.82, 2.24) is 20.5 Å². The molecular formula is C14H12N4O3S. The highest BCUT2D eigenvalue weighted by atomic mass is 32.1. The van der Waals surface area contributed by atoms with E-state index in [0.29, 0.717) is 18.0 Å². The molecule has 22 heavy (non-hydrogen) atoms. The Morgan fingerprint density at radius 1 is 1.32 bits per heavy atom. The summed E-state index contributed by atoms with van der Waals surface area (Å²) < 4.78 is 0.951. The van der Waals surface area contributed by atoms with Gasteiger partial charge in [-0.2, -0.15) is 0 Å². The molecule has 7 nitrogen and oxygen atoms in total. The molecule has 4 rings (SSSR count). The van der Waals surface area contributed by atoms with E-state index in [1.165, 1.54) is 11.3 Å². The summed E-state index contributed by atoms with van der Waals surface area (Å²) >= 11 is 1.33. The van der Waals surface area contributed by atoms with Crippen LogP contribution in [-0.2, 0) is 4.79 Å². The highest BCUT2D eigenvalue weighted by molar-refractivity contribution is 7.20. The third-order valence-electron chi connectivity index (χ3n) is 4.05. The van der Waals surface area contributed by atoms with E-state index in [-0.39, 0.29) is 18.4 Å². The van der Waals surface area contributed by atoms with Crippen molar-refractivity contribution in [3.8, 4) is 0 Å². The van der Waals surface area contributed by atoms with Crippen molar-refractivity contribution in [2.24, 2.45) is 0 Å². The molecule has 2 aliphatic rings. The van der Waals surface area contributed by atoms with Crippen molar-refractivity contribution in [3.63, 3.8) is 0 Å². The Bertz CT molecular complexity index is 784. The van der Waals surface area contributed by atoms with E-state index in [1.54, 1.807) is 4.90 Å². The van der Waals surface area contributed by atoms with Gasteiger partial charge in [0.25, 0.3) is 11.8 Å². The zero-order valence-electron chi connectivity index (χ0n) is 11.5. The predicted octanol–water partition coefficient (Wildman–Crippen LogP) is 0.720. The predicted molar refractivity (Wildman–Crippen MR) is 79.5 cm³/mol. The van der Waals surface area contributed by atoms with E-state index in [1.807, 2.05) is 24.3 Å². The van der Waals surface area contributed by atoms with Crippen molar-refractivity contribution < 1.29 is 14.4 Å². The number of urea groups is 1. The Morgan fingerprint density at radius 2 is 2.14 bits per heavy atom. The van der Waals surface area contributed by atoms with Crippen LogP contribution in [0.2, 0.25) is 0 Å². The number of nitrogens with one attached hydrogen (secondary N) is 2. The average Bonchev–Trinajstić information content (AvgIpc) is 3.16. The molecule has 1 unspecified atom stereocenters. The Balaban J connectivity index is 1.59. The zero-order valence-corrected chi connectivity index (χ0v) is 12.3. The van der Waals surface area contributed by atoms with Crippen molar-refractivity contribution in [2.45, 2.75) is 12.0 Å². The van der Waals surface area contributed by atoms with Crippen molar-refractivity contribution >= 4 is 39.4 Å². The summed E-state index contributed by atoms with van der Waals surface area (Å²) in [5.74, 6) is -0.566. The first kappa shape index (κ1) is 13.2. The molecule has 0 saturated carbocycles. The molecule has 3 heterocycles. The van der Waals surface area contributed by atoms with E-state index < -0.39 is 11.6 Å². The van der Waals surface area contributed by atoms with E-state index >= 15 is 0 Å². The highest BCUT2D eigenvalue weighted by Gasteiger charge is 2.51. The number of amides is 4. The van der Waals surface area contributed by atoms with Crippen LogP contribution in [0.15, 0.2) is 24.3 Å². The van der Waals surface area contributed by atoms with Crippen molar-refractivity contribution in [2.75, 3.05) is 13.1 Å². The van der Waals surface area contributed by atoms with Crippen LogP contribution in [0.3, 0.4) is 0 Å². The molecule has 0 bridgehead atoms. The minimum atomic E-state index is -0.983. The molecule has 2 fully saturated rings. The normalized spacial score (nSPS) is 24.1. The average molecular weight is 316 g/mol. The molecule has 1 aromatic heterocycles. The van der Waals surface area contributed by atoms with Gasteiger partial charge in [-0.3, -0.25) is 14.9 Å². The molecule has 1 atom stereocenters. The summed E-state index contributed by atoms with van der Waals surface area (Å²) in [6.07, 6.45) is 0.418. The first-order chi connectivity index (χ1) is 10.6. The molecule has 2 aromatic rings. The standard InChI is InChI=1S/C14H12N4O3S/c19-11(10-15-8-3-1-2-4-9(8)22-10)18-6-5-14(7-18)12(20)16-13(21)17-14/h1-4H,5-7H2,(H2,16,17,20,21). The van der Waals surface area contributed by atoms with Crippen LogP contribution >= 0.6 is 11.3 Å². The van der Waals surface area contributed by atoms with Crippen LogP contribution in [0.5, 0.6) is 0 Å². The van der Waals surface area contributed by atoms with E-state index in [9.17, 15) is 14.4 Å². The molecule has 0 radical (unpaired) electrons. The fraction of sp³-hybridized carbons (Fsp3) is 0.286. The second-order valence-corrected chi connectivity index (χ2v) is 6.48. The van der Waals surface area contributed by atoms with E-state index in [4.69, 9.17) is 0 Å². The monoisotopic (exact) mass is 316 g/mol. The maximum atomic E-state index is 12.6. The van der Waals surface area contributed by atoms with Gasteiger partial charge in [0.15, 0.2) is 5.01 Å². The topological polar surface area (TPSA) is 91.4 Å². The van der Waals surface area contributed by atoms with Crippen LogP contribution in [0.1, 0.15) is 16.2 Å². The van der Waals surface area contributed by atoms with Gasteiger partial charge in [0, 0.05) is 6.54 Å². The fourth-order valence-corrected chi connectivity index (χ4v) is 3.83. The number of aromatic nitrogens is 1. The van der Waals surface area contributed by atoms with Crippen LogP contribution in [-0.4, -0.2) is 46.4 Å². The van der Waals surface area contributed by atoms with Crippen molar-refractivity contribution in [3.05, 3.63) is 29.3 Å². The van der Waals surface area contributed by atoms with Gasteiger partial charge in [0.05, 0.1) is 16.8 Å². The number of thiazole rings is 1. The minimum absolute atomic E-state index is 0.180. The van der Waals surface area contributed by atoms with Gasteiger partial charge >= 0.3 is 6.03 Å². The van der Waals surface area contributed by atoms with Gasteiger partial charge in [0.2, 0.25) is 0 Å². The Morgan fingerprint density at radius 3 is 2.86 bits per heavy atom. The van der Waals surface area contributed by atoms with E-state index in [2.05, 4.69) is 15.6 Å². The van der Waals surface area contributed by atoms with Crippen LogP contribution < -0.4 is 10.6 Å². The first-order valence-electron chi connectivity index (χ1n) is 6.86. The number of benzene rings is 1. The van der Waals surface area contributed by atoms with Crippen molar-refractivity contribution in [1.29, 1.82) is 0 Å². The van der Waals surface area contributed by atoms with Crippen LogP contribution in [0, 0.1) is 0 Å². The number of carbonyl (C=O) groups excluding carboxylic acids is 3. The summed E-state index contributed by atoms with van der Waals surface area (Å²) in [6.45, 7) is 0.599. The molecule has 0 aliphatic carbocycles. The molecule has 2 saturated heterocycles. The summed E-state index contributed by atoms with van der Waals surface area (Å²) in [5.41, 5.74) is -0.194. The molecule has 4 amide bonds.